The van der Waals surface area contributed by atoms with Gasteiger partial charge in [0.25, 0.3) is 0 Å². The van der Waals surface area contributed by atoms with Crippen molar-refractivity contribution in [1.82, 2.24) is 16.0 Å². The van der Waals surface area contributed by atoms with E-state index in [0.717, 1.165) is 51.5 Å². The van der Waals surface area contributed by atoms with Gasteiger partial charge < -0.3 is 16.0 Å². The zero-order chi connectivity index (χ0) is 12.1. The highest BCUT2D eigenvalue weighted by Gasteiger charge is 2.29. The molecule has 0 radical (unpaired) electrons. The van der Waals surface area contributed by atoms with Crippen molar-refractivity contribution in [3.8, 4) is 0 Å². The van der Waals surface area contributed by atoms with Gasteiger partial charge in [-0.15, -0.1) is 0 Å². The highest BCUT2D eigenvalue weighted by atomic mass is 16.2. The lowest BCUT2D eigenvalue weighted by Crippen LogP contribution is -2.54. The summed E-state index contributed by atoms with van der Waals surface area (Å²) in [6.45, 7) is 0.929. The molecular weight excluding hydrogens is 218 g/mol. The fourth-order valence-electron chi connectivity index (χ4n) is 2.78. The highest BCUT2D eigenvalue weighted by molar-refractivity contribution is 5.82. The molecule has 1 saturated carbocycles. The molecule has 5 nitrogen and oxygen atoms in total. The Bertz CT molecular complexity index is 277. The smallest absolute Gasteiger partial charge is 0.237 e. The van der Waals surface area contributed by atoms with Gasteiger partial charge in [0.15, 0.2) is 0 Å². The van der Waals surface area contributed by atoms with Gasteiger partial charge in [-0.25, -0.2) is 0 Å². The molecule has 0 bridgehead atoms. The molecule has 2 amide bonds. The minimum absolute atomic E-state index is 0.0335. The molecule has 3 N–H and O–H groups in total. The van der Waals surface area contributed by atoms with Crippen LogP contribution in [-0.2, 0) is 9.59 Å². The first kappa shape index (κ1) is 12.4. The third kappa shape index (κ3) is 3.19. The number of hydrogen-bond acceptors (Lipinski definition) is 3. The molecule has 1 heterocycles. The topological polar surface area (TPSA) is 70.2 Å². The van der Waals surface area contributed by atoms with Gasteiger partial charge in [-0.3, -0.25) is 9.59 Å². The Morgan fingerprint density at radius 3 is 2.53 bits per heavy atom. The molecule has 3 unspecified atom stereocenters. The first-order valence-corrected chi connectivity index (χ1v) is 6.54. The molecule has 96 valence electrons. The third-order valence-electron chi connectivity index (χ3n) is 3.75. The Kier molecular flexibility index (Phi) is 4.36. The number of rotatable bonds is 4. The summed E-state index contributed by atoms with van der Waals surface area (Å²) in [7, 11) is 0. The standard InChI is InChI=1S/C12H21N3O2/c16-8-14-9-4-1-2-5-10(9)15-12(17)11-6-3-7-13-11/h8-11,13H,1-7H2,(H,14,16)(H,15,17). The van der Waals surface area contributed by atoms with Gasteiger partial charge in [-0.2, -0.15) is 0 Å². The van der Waals surface area contributed by atoms with Crippen molar-refractivity contribution in [3.63, 3.8) is 0 Å². The van der Waals surface area contributed by atoms with Crippen molar-refractivity contribution in [2.45, 2.75) is 56.7 Å². The van der Waals surface area contributed by atoms with Crippen LogP contribution in [0.15, 0.2) is 0 Å². The van der Waals surface area contributed by atoms with E-state index in [-0.39, 0.29) is 24.0 Å². The lowest BCUT2D eigenvalue weighted by molar-refractivity contribution is -0.124. The zero-order valence-electron chi connectivity index (χ0n) is 10.1. The Morgan fingerprint density at radius 1 is 1.12 bits per heavy atom. The molecule has 17 heavy (non-hydrogen) atoms. The summed E-state index contributed by atoms with van der Waals surface area (Å²) in [5.74, 6) is 0.0899. The number of carbonyl (C=O) groups excluding carboxylic acids is 2. The van der Waals surface area contributed by atoms with E-state index in [1.165, 1.54) is 0 Å². The van der Waals surface area contributed by atoms with Gasteiger partial charge in [-0.1, -0.05) is 12.8 Å². The maximum Gasteiger partial charge on any atom is 0.237 e. The average molecular weight is 239 g/mol. The van der Waals surface area contributed by atoms with Crippen LogP contribution in [0.4, 0.5) is 0 Å². The second kappa shape index (κ2) is 6.00. The van der Waals surface area contributed by atoms with Crippen LogP contribution < -0.4 is 16.0 Å². The number of amides is 2. The van der Waals surface area contributed by atoms with Crippen molar-refractivity contribution >= 4 is 12.3 Å². The van der Waals surface area contributed by atoms with E-state index >= 15 is 0 Å². The maximum atomic E-state index is 12.0. The van der Waals surface area contributed by atoms with Gasteiger partial charge in [0.2, 0.25) is 12.3 Å². The number of nitrogens with one attached hydrogen (secondary N) is 3. The van der Waals surface area contributed by atoms with E-state index < -0.39 is 0 Å². The van der Waals surface area contributed by atoms with Crippen LogP contribution in [0.2, 0.25) is 0 Å². The summed E-state index contributed by atoms with van der Waals surface area (Å²) in [5.41, 5.74) is 0. The quantitative estimate of drug-likeness (QED) is 0.601. The zero-order valence-corrected chi connectivity index (χ0v) is 10.1. The second-order valence-corrected chi connectivity index (χ2v) is 4.94. The molecule has 5 heteroatoms. The highest BCUT2D eigenvalue weighted by Crippen LogP contribution is 2.18. The summed E-state index contributed by atoms with van der Waals surface area (Å²) in [4.78, 5) is 22.5. The van der Waals surface area contributed by atoms with Crippen molar-refractivity contribution in [2.24, 2.45) is 0 Å². The van der Waals surface area contributed by atoms with Gasteiger partial charge in [0.1, 0.15) is 0 Å². The first-order chi connectivity index (χ1) is 8.31. The van der Waals surface area contributed by atoms with Gasteiger partial charge in [-0.05, 0) is 32.2 Å². The monoisotopic (exact) mass is 239 g/mol. The van der Waals surface area contributed by atoms with E-state index in [2.05, 4.69) is 16.0 Å². The Labute approximate surface area is 102 Å². The molecule has 3 atom stereocenters. The molecule has 1 aliphatic carbocycles. The fraction of sp³-hybridized carbons (Fsp3) is 0.833. The van der Waals surface area contributed by atoms with Crippen molar-refractivity contribution in [1.29, 1.82) is 0 Å². The molecular formula is C12H21N3O2. The lowest BCUT2D eigenvalue weighted by Gasteiger charge is -2.32. The van der Waals surface area contributed by atoms with Crippen LogP contribution in [0, 0.1) is 0 Å². The second-order valence-electron chi connectivity index (χ2n) is 4.94. The largest absolute Gasteiger partial charge is 0.354 e. The van der Waals surface area contributed by atoms with Gasteiger partial charge in [0, 0.05) is 12.1 Å². The van der Waals surface area contributed by atoms with Crippen molar-refractivity contribution in [2.75, 3.05) is 6.54 Å². The van der Waals surface area contributed by atoms with Crippen LogP contribution in [0.25, 0.3) is 0 Å². The van der Waals surface area contributed by atoms with Crippen LogP contribution in [0.5, 0.6) is 0 Å². The van der Waals surface area contributed by atoms with E-state index in [0.29, 0.717) is 0 Å². The molecule has 1 aliphatic heterocycles. The summed E-state index contributed by atoms with van der Waals surface area (Å²) in [6, 6.07) is 0.171. The van der Waals surface area contributed by atoms with Crippen LogP contribution in [-0.4, -0.2) is 37.0 Å². The van der Waals surface area contributed by atoms with E-state index in [9.17, 15) is 9.59 Å². The minimum atomic E-state index is -0.0335. The summed E-state index contributed by atoms with van der Waals surface area (Å²) in [6.07, 6.45) is 6.90. The van der Waals surface area contributed by atoms with Crippen LogP contribution in [0.3, 0.4) is 0 Å². The van der Waals surface area contributed by atoms with Crippen LogP contribution >= 0.6 is 0 Å². The molecule has 2 aliphatic rings. The molecule has 0 aromatic heterocycles. The summed E-state index contributed by atoms with van der Waals surface area (Å²) >= 11 is 0. The molecule has 0 aromatic carbocycles. The Morgan fingerprint density at radius 2 is 1.88 bits per heavy atom. The minimum Gasteiger partial charge on any atom is -0.354 e. The molecule has 2 rings (SSSR count). The lowest BCUT2D eigenvalue weighted by atomic mass is 9.90. The van der Waals surface area contributed by atoms with Crippen LogP contribution in [0.1, 0.15) is 38.5 Å². The van der Waals surface area contributed by atoms with E-state index in [4.69, 9.17) is 0 Å². The number of carbonyl (C=O) groups is 2. The predicted octanol–water partition coefficient (Wildman–Crippen LogP) is -0.0882. The molecule has 2 fully saturated rings. The Hall–Kier alpha value is -1.10. The van der Waals surface area contributed by atoms with Crippen molar-refractivity contribution in [3.05, 3.63) is 0 Å². The molecule has 0 spiro atoms. The molecule has 0 aromatic rings. The summed E-state index contributed by atoms with van der Waals surface area (Å²) in [5, 5.41) is 9.08. The van der Waals surface area contributed by atoms with Crippen molar-refractivity contribution < 1.29 is 9.59 Å². The predicted molar refractivity (Wildman–Crippen MR) is 64.4 cm³/mol. The van der Waals surface area contributed by atoms with E-state index in [1.54, 1.807) is 0 Å². The Balaban J connectivity index is 1.86. The SMILES string of the molecule is O=CNC1CCCCC1NC(=O)C1CCCN1. The normalized spacial score (nSPS) is 33.1. The van der Waals surface area contributed by atoms with Gasteiger partial charge in [0.05, 0.1) is 6.04 Å². The van der Waals surface area contributed by atoms with Gasteiger partial charge >= 0.3 is 0 Å². The average Bonchev–Trinajstić information content (AvgIpc) is 2.85. The third-order valence-corrected chi connectivity index (χ3v) is 3.75. The first-order valence-electron chi connectivity index (χ1n) is 6.54. The molecule has 1 saturated heterocycles. The maximum absolute atomic E-state index is 12.0. The summed E-state index contributed by atoms with van der Waals surface area (Å²) < 4.78 is 0. The number of hydrogen-bond donors (Lipinski definition) is 3. The van der Waals surface area contributed by atoms with E-state index in [1.807, 2.05) is 0 Å². The fourth-order valence-corrected chi connectivity index (χ4v) is 2.78.